The van der Waals surface area contributed by atoms with E-state index in [-0.39, 0.29) is 11.5 Å². The average molecular weight is 387 g/mol. The molecule has 0 bridgehead atoms. The minimum absolute atomic E-state index is 0.201. The van der Waals surface area contributed by atoms with Gasteiger partial charge < -0.3 is 9.84 Å². The zero-order valence-electron chi connectivity index (χ0n) is 12.4. The number of aromatic carboxylic acids is 1. The van der Waals surface area contributed by atoms with Crippen LogP contribution in [-0.4, -0.2) is 29.3 Å². The number of carboxylic acid groups (broad SMARTS) is 1. The Morgan fingerprint density at radius 2 is 1.96 bits per heavy atom. The Kier molecular flexibility index (Phi) is 6.19. The smallest absolute Gasteiger partial charge is 0.345 e. The molecule has 0 atom stereocenters. The maximum Gasteiger partial charge on any atom is 0.345 e. The van der Waals surface area contributed by atoms with Gasteiger partial charge in [0.05, 0.1) is 15.6 Å². The standard InChI is InChI=1S/C15H12Cl2N2O4S/c1-8(12-4-5-13(24-12)15(21)22)18-19-14(20)7-23-11-3-2-9(16)6-10(11)17/h2-6H,7H2,1H3,(H,19,20)(H,21,22)/b18-8-. The van der Waals surface area contributed by atoms with E-state index in [0.717, 1.165) is 11.3 Å². The fourth-order valence-electron chi connectivity index (χ4n) is 1.62. The molecule has 6 nitrogen and oxygen atoms in total. The first-order chi connectivity index (χ1) is 11.4. The van der Waals surface area contributed by atoms with E-state index in [1.807, 2.05) is 0 Å². The molecule has 0 spiro atoms. The van der Waals surface area contributed by atoms with Gasteiger partial charge in [-0.2, -0.15) is 5.10 Å². The van der Waals surface area contributed by atoms with Crippen LogP contribution < -0.4 is 10.2 Å². The van der Waals surface area contributed by atoms with Crippen LogP contribution in [0.5, 0.6) is 5.75 Å². The van der Waals surface area contributed by atoms with Crippen molar-refractivity contribution in [1.29, 1.82) is 0 Å². The predicted molar refractivity (Wildman–Crippen MR) is 93.6 cm³/mol. The molecule has 9 heteroatoms. The number of thiophene rings is 1. The van der Waals surface area contributed by atoms with Crippen LogP contribution in [0.15, 0.2) is 35.4 Å². The van der Waals surface area contributed by atoms with E-state index >= 15 is 0 Å². The largest absolute Gasteiger partial charge is 0.482 e. The lowest BCUT2D eigenvalue weighted by Gasteiger charge is -2.07. The van der Waals surface area contributed by atoms with Crippen LogP contribution in [0.1, 0.15) is 21.5 Å². The number of nitrogens with one attached hydrogen (secondary N) is 1. The van der Waals surface area contributed by atoms with Crippen molar-refractivity contribution >= 4 is 52.1 Å². The molecule has 1 aromatic heterocycles. The van der Waals surface area contributed by atoms with E-state index in [4.69, 9.17) is 33.0 Å². The lowest BCUT2D eigenvalue weighted by molar-refractivity contribution is -0.123. The van der Waals surface area contributed by atoms with Gasteiger partial charge in [0.2, 0.25) is 0 Å². The van der Waals surface area contributed by atoms with Crippen molar-refractivity contribution in [3.8, 4) is 5.75 Å². The van der Waals surface area contributed by atoms with Crippen LogP contribution in [0.25, 0.3) is 0 Å². The van der Waals surface area contributed by atoms with Gasteiger partial charge in [-0.3, -0.25) is 4.79 Å². The molecule has 24 heavy (non-hydrogen) atoms. The number of ether oxygens (including phenoxy) is 1. The number of amides is 1. The van der Waals surface area contributed by atoms with E-state index in [2.05, 4.69) is 10.5 Å². The van der Waals surface area contributed by atoms with E-state index < -0.39 is 11.9 Å². The summed E-state index contributed by atoms with van der Waals surface area (Å²) in [6.45, 7) is 1.39. The Morgan fingerprint density at radius 3 is 2.58 bits per heavy atom. The van der Waals surface area contributed by atoms with E-state index in [9.17, 15) is 9.59 Å². The maximum atomic E-state index is 11.7. The lowest BCUT2D eigenvalue weighted by atomic mass is 10.3. The summed E-state index contributed by atoms with van der Waals surface area (Å²) in [6.07, 6.45) is 0. The minimum atomic E-state index is -1.00. The quantitative estimate of drug-likeness (QED) is 0.585. The third-order valence-electron chi connectivity index (χ3n) is 2.77. The van der Waals surface area contributed by atoms with Gasteiger partial charge in [0.1, 0.15) is 10.6 Å². The molecule has 2 rings (SSSR count). The first-order valence-corrected chi connectivity index (χ1v) is 8.18. The van der Waals surface area contributed by atoms with Gasteiger partial charge in [-0.1, -0.05) is 23.2 Å². The van der Waals surface area contributed by atoms with Crippen LogP contribution >= 0.6 is 34.5 Å². The van der Waals surface area contributed by atoms with Gasteiger partial charge >= 0.3 is 5.97 Å². The van der Waals surface area contributed by atoms with Crippen LogP contribution in [0.4, 0.5) is 0 Å². The van der Waals surface area contributed by atoms with Crippen LogP contribution in [0, 0.1) is 0 Å². The Morgan fingerprint density at radius 1 is 1.25 bits per heavy atom. The van der Waals surface area contributed by atoms with Crippen LogP contribution in [-0.2, 0) is 4.79 Å². The normalized spacial score (nSPS) is 11.2. The van der Waals surface area contributed by atoms with Gasteiger partial charge in [0, 0.05) is 5.02 Å². The summed E-state index contributed by atoms with van der Waals surface area (Å²) in [7, 11) is 0. The van der Waals surface area contributed by atoms with Gasteiger partial charge in [-0.05, 0) is 37.3 Å². The number of carbonyl (C=O) groups is 2. The van der Waals surface area contributed by atoms with Crippen molar-refractivity contribution in [1.82, 2.24) is 5.43 Å². The van der Waals surface area contributed by atoms with Gasteiger partial charge in [-0.15, -0.1) is 11.3 Å². The summed E-state index contributed by atoms with van der Waals surface area (Å²) < 4.78 is 5.28. The zero-order chi connectivity index (χ0) is 17.7. The van der Waals surface area contributed by atoms with Crippen molar-refractivity contribution in [2.24, 2.45) is 5.10 Å². The second-order valence-electron chi connectivity index (χ2n) is 4.56. The van der Waals surface area contributed by atoms with Gasteiger partial charge in [0.25, 0.3) is 5.91 Å². The summed E-state index contributed by atoms with van der Waals surface area (Å²) >= 11 is 12.8. The molecule has 0 aliphatic rings. The van der Waals surface area contributed by atoms with Crippen molar-refractivity contribution in [3.63, 3.8) is 0 Å². The molecule has 126 valence electrons. The van der Waals surface area contributed by atoms with Crippen molar-refractivity contribution in [3.05, 3.63) is 50.1 Å². The fraction of sp³-hybridized carbons (Fsp3) is 0.133. The average Bonchev–Trinajstić information content (AvgIpc) is 3.02. The molecule has 2 N–H and O–H groups in total. The molecule has 0 radical (unpaired) electrons. The van der Waals surface area contributed by atoms with E-state index in [1.54, 1.807) is 25.1 Å². The highest BCUT2D eigenvalue weighted by Crippen LogP contribution is 2.27. The van der Waals surface area contributed by atoms with Crippen molar-refractivity contribution < 1.29 is 19.4 Å². The third kappa shape index (κ3) is 4.95. The summed E-state index contributed by atoms with van der Waals surface area (Å²) in [5.41, 5.74) is 2.83. The van der Waals surface area contributed by atoms with Crippen LogP contribution in [0.2, 0.25) is 10.0 Å². The SMILES string of the molecule is C/C(=N/NC(=O)COc1ccc(Cl)cc1Cl)c1ccc(C(=O)O)s1. The van der Waals surface area contributed by atoms with Gasteiger partial charge in [-0.25, -0.2) is 10.2 Å². The molecule has 0 fully saturated rings. The Bertz CT molecular complexity index is 805. The summed E-state index contributed by atoms with van der Waals surface area (Å²) in [5, 5.41) is 13.6. The number of carbonyl (C=O) groups excluding carboxylic acids is 1. The highest BCUT2D eigenvalue weighted by molar-refractivity contribution is 7.15. The fourth-order valence-corrected chi connectivity index (χ4v) is 2.87. The molecule has 1 heterocycles. The second kappa shape index (κ2) is 8.14. The predicted octanol–water partition coefficient (Wildman–Crippen LogP) is 3.67. The van der Waals surface area contributed by atoms with Gasteiger partial charge in [0.15, 0.2) is 6.61 Å². The molecule has 0 saturated heterocycles. The Hall–Kier alpha value is -2.09. The molecule has 1 amide bonds. The first-order valence-electron chi connectivity index (χ1n) is 6.61. The summed E-state index contributed by atoms with van der Waals surface area (Å²) in [6, 6.07) is 7.78. The number of hydrogen-bond acceptors (Lipinski definition) is 5. The number of nitrogens with zero attached hydrogens (tertiary/aromatic N) is 1. The Balaban J connectivity index is 1.90. The zero-order valence-corrected chi connectivity index (χ0v) is 14.7. The molecular weight excluding hydrogens is 375 g/mol. The third-order valence-corrected chi connectivity index (χ3v) is 4.49. The number of hydrazone groups is 1. The topological polar surface area (TPSA) is 88.0 Å². The highest BCUT2D eigenvalue weighted by atomic mass is 35.5. The highest BCUT2D eigenvalue weighted by Gasteiger charge is 2.10. The maximum absolute atomic E-state index is 11.7. The number of hydrogen-bond donors (Lipinski definition) is 2. The molecular formula is C15H12Cl2N2O4S. The molecule has 0 aliphatic heterocycles. The molecule has 0 aliphatic carbocycles. The molecule has 0 unspecified atom stereocenters. The summed E-state index contributed by atoms with van der Waals surface area (Å²) in [5.74, 6) is -1.15. The summed E-state index contributed by atoms with van der Waals surface area (Å²) in [4.78, 5) is 23.4. The van der Waals surface area contributed by atoms with E-state index in [1.165, 1.54) is 12.1 Å². The number of halogens is 2. The minimum Gasteiger partial charge on any atom is -0.482 e. The Labute approximate surface area is 151 Å². The van der Waals surface area contributed by atoms with Crippen LogP contribution in [0.3, 0.4) is 0 Å². The number of benzene rings is 1. The molecule has 2 aromatic rings. The molecule has 0 saturated carbocycles. The van der Waals surface area contributed by atoms with E-state index in [0.29, 0.717) is 26.4 Å². The first kappa shape index (κ1) is 18.3. The molecule has 1 aromatic carbocycles. The lowest BCUT2D eigenvalue weighted by Crippen LogP contribution is -2.25. The monoisotopic (exact) mass is 386 g/mol. The second-order valence-corrected chi connectivity index (χ2v) is 6.49. The van der Waals surface area contributed by atoms with Crippen molar-refractivity contribution in [2.75, 3.05) is 6.61 Å². The van der Waals surface area contributed by atoms with Crippen molar-refractivity contribution in [2.45, 2.75) is 6.92 Å². The number of carboxylic acids is 1. The number of rotatable bonds is 6.